The highest BCUT2D eigenvalue weighted by Crippen LogP contribution is 2.30. The summed E-state index contributed by atoms with van der Waals surface area (Å²) in [5.41, 5.74) is 1.33. The van der Waals surface area contributed by atoms with E-state index >= 15 is 0 Å². The zero-order valence-electron chi connectivity index (χ0n) is 18.8. The molecule has 1 aromatic carbocycles. The summed E-state index contributed by atoms with van der Waals surface area (Å²) in [6.07, 6.45) is 4.92. The monoisotopic (exact) mass is 453 g/mol. The Bertz CT molecular complexity index is 1140. The lowest BCUT2D eigenvalue weighted by Crippen LogP contribution is -2.52. The molecule has 33 heavy (non-hydrogen) atoms. The standard InChI is InChI=1S/C23H28FN7O2/c1-16(2)27-20(32)15-29-9-11-30(12-10-29)21(33)14-26-23-22(17-5-3-4-6-18(17)24)28-19-13-25-7-8-31(19)23/h3-8,13,16,26H,9-12,14-15H2,1-2H3,(H,27,32). The molecule has 3 heterocycles. The van der Waals surface area contributed by atoms with Crippen LogP contribution in [0.15, 0.2) is 42.9 Å². The molecule has 1 fully saturated rings. The van der Waals surface area contributed by atoms with Gasteiger partial charge in [0, 0.05) is 50.2 Å². The summed E-state index contributed by atoms with van der Waals surface area (Å²) < 4.78 is 16.2. The van der Waals surface area contributed by atoms with Crippen molar-refractivity contribution in [1.82, 2.24) is 29.5 Å². The van der Waals surface area contributed by atoms with E-state index in [4.69, 9.17) is 0 Å². The average molecular weight is 454 g/mol. The van der Waals surface area contributed by atoms with Gasteiger partial charge in [0.2, 0.25) is 11.8 Å². The number of halogens is 1. The molecule has 174 valence electrons. The van der Waals surface area contributed by atoms with E-state index in [9.17, 15) is 14.0 Å². The molecule has 0 spiro atoms. The van der Waals surface area contributed by atoms with Gasteiger partial charge in [-0.15, -0.1) is 0 Å². The van der Waals surface area contributed by atoms with Crippen molar-refractivity contribution >= 4 is 23.3 Å². The molecule has 9 nitrogen and oxygen atoms in total. The summed E-state index contributed by atoms with van der Waals surface area (Å²) >= 11 is 0. The van der Waals surface area contributed by atoms with Crippen molar-refractivity contribution in [2.75, 3.05) is 44.6 Å². The SMILES string of the molecule is CC(C)NC(=O)CN1CCN(C(=O)CNc2c(-c3ccccc3F)nc3cnccn23)CC1. The third-order valence-electron chi connectivity index (χ3n) is 5.51. The van der Waals surface area contributed by atoms with E-state index in [-0.39, 0.29) is 30.2 Å². The van der Waals surface area contributed by atoms with Gasteiger partial charge in [-0.1, -0.05) is 12.1 Å². The number of amides is 2. The third-order valence-corrected chi connectivity index (χ3v) is 5.51. The van der Waals surface area contributed by atoms with Gasteiger partial charge in [-0.05, 0) is 26.0 Å². The number of anilines is 1. The third kappa shape index (κ3) is 5.28. The highest BCUT2D eigenvalue weighted by atomic mass is 19.1. The second-order valence-electron chi connectivity index (χ2n) is 8.33. The number of hydrogen-bond acceptors (Lipinski definition) is 6. The fourth-order valence-corrected chi connectivity index (χ4v) is 3.91. The van der Waals surface area contributed by atoms with Crippen LogP contribution in [0, 0.1) is 5.82 Å². The first kappa shape index (κ1) is 22.7. The molecule has 0 radical (unpaired) electrons. The molecule has 0 saturated carbocycles. The van der Waals surface area contributed by atoms with Crippen LogP contribution in [0.25, 0.3) is 16.9 Å². The van der Waals surface area contributed by atoms with Gasteiger partial charge in [0.05, 0.1) is 19.3 Å². The van der Waals surface area contributed by atoms with E-state index in [0.717, 1.165) is 0 Å². The van der Waals surface area contributed by atoms with Crippen LogP contribution in [0.4, 0.5) is 10.2 Å². The number of imidazole rings is 1. The van der Waals surface area contributed by atoms with Crippen molar-refractivity contribution in [2.24, 2.45) is 0 Å². The van der Waals surface area contributed by atoms with E-state index < -0.39 is 0 Å². The van der Waals surface area contributed by atoms with Gasteiger partial charge >= 0.3 is 0 Å². The summed E-state index contributed by atoms with van der Waals surface area (Å²) in [6, 6.07) is 6.52. The molecule has 2 amide bonds. The number of rotatable bonds is 7. The molecule has 10 heteroatoms. The zero-order chi connectivity index (χ0) is 23.4. The molecule has 4 rings (SSSR count). The smallest absolute Gasteiger partial charge is 0.242 e. The maximum Gasteiger partial charge on any atom is 0.242 e. The van der Waals surface area contributed by atoms with Crippen LogP contribution in [0.5, 0.6) is 0 Å². The molecular weight excluding hydrogens is 425 g/mol. The number of nitrogens with zero attached hydrogens (tertiary/aromatic N) is 5. The predicted octanol–water partition coefficient (Wildman–Crippen LogP) is 1.62. The number of nitrogens with one attached hydrogen (secondary N) is 2. The molecule has 1 aliphatic rings. The Morgan fingerprint density at radius 3 is 2.64 bits per heavy atom. The van der Waals surface area contributed by atoms with Crippen molar-refractivity contribution in [3.8, 4) is 11.3 Å². The molecule has 0 unspecified atom stereocenters. The minimum atomic E-state index is -0.388. The van der Waals surface area contributed by atoms with Crippen molar-refractivity contribution in [2.45, 2.75) is 19.9 Å². The van der Waals surface area contributed by atoms with Gasteiger partial charge < -0.3 is 15.5 Å². The molecule has 2 N–H and O–H groups in total. The lowest BCUT2D eigenvalue weighted by molar-refractivity contribution is -0.131. The van der Waals surface area contributed by atoms with E-state index in [1.54, 1.807) is 46.1 Å². The number of benzene rings is 1. The predicted molar refractivity (Wildman–Crippen MR) is 123 cm³/mol. The fraction of sp³-hybridized carbons (Fsp3) is 0.391. The van der Waals surface area contributed by atoms with Crippen LogP contribution < -0.4 is 10.6 Å². The molecule has 1 aliphatic heterocycles. The lowest BCUT2D eigenvalue weighted by atomic mass is 10.1. The molecular formula is C23H28FN7O2. The average Bonchev–Trinajstić information content (AvgIpc) is 3.16. The van der Waals surface area contributed by atoms with Crippen LogP contribution in [0.3, 0.4) is 0 Å². The van der Waals surface area contributed by atoms with Crippen molar-refractivity contribution in [1.29, 1.82) is 0 Å². The van der Waals surface area contributed by atoms with Crippen LogP contribution in [0.2, 0.25) is 0 Å². The summed E-state index contributed by atoms with van der Waals surface area (Å²) in [6.45, 7) is 6.61. The number of piperazine rings is 1. The van der Waals surface area contributed by atoms with Crippen LogP contribution in [-0.4, -0.2) is 81.3 Å². The minimum absolute atomic E-state index is 0.00535. The normalized spacial score (nSPS) is 14.6. The Morgan fingerprint density at radius 1 is 1.15 bits per heavy atom. The molecule has 1 saturated heterocycles. The maximum atomic E-state index is 14.5. The number of hydrogen-bond donors (Lipinski definition) is 2. The van der Waals surface area contributed by atoms with E-state index in [0.29, 0.717) is 55.4 Å². The Kier molecular flexibility index (Phi) is 6.83. The first-order valence-electron chi connectivity index (χ1n) is 11.0. The second kappa shape index (κ2) is 9.95. The van der Waals surface area contributed by atoms with Gasteiger partial charge in [0.15, 0.2) is 5.65 Å². The Morgan fingerprint density at radius 2 is 1.91 bits per heavy atom. The van der Waals surface area contributed by atoms with Crippen LogP contribution in [0.1, 0.15) is 13.8 Å². The van der Waals surface area contributed by atoms with Gasteiger partial charge in [-0.25, -0.2) is 9.37 Å². The van der Waals surface area contributed by atoms with Gasteiger partial charge in [-0.2, -0.15) is 0 Å². The maximum absolute atomic E-state index is 14.5. The van der Waals surface area contributed by atoms with E-state index in [2.05, 4.69) is 20.6 Å². The van der Waals surface area contributed by atoms with Crippen molar-refractivity contribution < 1.29 is 14.0 Å². The number of fused-ring (bicyclic) bond motifs is 1. The minimum Gasteiger partial charge on any atom is -0.360 e. The van der Waals surface area contributed by atoms with Gasteiger partial charge in [0.25, 0.3) is 0 Å². The Labute approximate surface area is 191 Å². The summed E-state index contributed by atoms with van der Waals surface area (Å²) in [4.78, 5) is 37.3. The van der Waals surface area contributed by atoms with E-state index in [1.165, 1.54) is 6.07 Å². The zero-order valence-corrected chi connectivity index (χ0v) is 18.8. The first-order valence-corrected chi connectivity index (χ1v) is 11.0. The van der Waals surface area contributed by atoms with Crippen LogP contribution in [-0.2, 0) is 9.59 Å². The number of aromatic nitrogens is 3. The largest absolute Gasteiger partial charge is 0.360 e. The van der Waals surface area contributed by atoms with Gasteiger partial charge in [-0.3, -0.25) is 23.9 Å². The lowest BCUT2D eigenvalue weighted by Gasteiger charge is -2.34. The summed E-state index contributed by atoms with van der Waals surface area (Å²) in [7, 11) is 0. The molecule has 0 aliphatic carbocycles. The molecule has 0 bridgehead atoms. The fourth-order valence-electron chi connectivity index (χ4n) is 3.91. The quantitative estimate of drug-likeness (QED) is 0.565. The second-order valence-corrected chi connectivity index (χ2v) is 8.33. The first-order chi connectivity index (χ1) is 15.9. The van der Waals surface area contributed by atoms with Crippen molar-refractivity contribution in [3.05, 3.63) is 48.7 Å². The topological polar surface area (TPSA) is 94.9 Å². The Hall–Kier alpha value is -3.53. The van der Waals surface area contributed by atoms with Crippen LogP contribution >= 0.6 is 0 Å². The van der Waals surface area contributed by atoms with Gasteiger partial charge in [0.1, 0.15) is 17.3 Å². The van der Waals surface area contributed by atoms with Crippen molar-refractivity contribution in [3.63, 3.8) is 0 Å². The molecule has 0 atom stereocenters. The van der Waals surface area contributed by atoms with E-state index in [1.807, 2.05) is 18.7 Å². The number of carbonyl (C=O) groups excluding carboxylic acids is 2. The Balaban J connectivity index is 1.41. The highest BCUT2D eigenvalue weighted by molar-refractivity contribution is 5.84. The number of carbonyl (C=O) groups is 2. The molecule has 3 aromatic rings. The molecule has 2 aromatic heterocycles. The highest BCUT2D eigenvalue weighted by Gasteiger charge is 2.24. The summed E-state index contributed by atoms with van der Waals surface area (Å²) in [5, 5.41) is 6.05. The summed E-state index contributed by atoms with van der Waals surface area (Å²) in [5.74, 6) is 0.0784.